The van der Waals surface area contributed by atoms with Crippen LogP contribution in [0.2, 0.25) is 0 Å². The van der Waals surface area contributed by atoms with E-state index in [1.807, 2.05) is 43.3 Å². The van der Waals surface area contributed by atoms with E-state index in [1.165, 1.54) is 30.3 Å². The number of aliphatic hydroxyl groups excluding tert-OH is 6. The number of anilines is 2. The van der Waals surface area contributed by atoms with Crippen molar-refractivity contribution in [3.8, 4) is 28.2 Å². The van der Waals surface area contributed by atoms with Crippen LogP contribution in [-0.2, 0) is 33.3 Å². The molecule has 506 valence electrons. The molecule has 2 fully saturated rings. The molecule has 4 aliphatic rings. The number of aliphatic hydroxyl groups is 6. The predicted molar refractivity (Wildman–Crippen MR) is 354 cm³/mol. The number of carbonyl (C=O) groups excluding carboxylic acids is 3. The maximum atomic E-state index is 12.8. The van der Waals surface area contributed by atoms with Gasteiger partial charge in [0.1, 0.15) is 79.1 Å². The number of unbranched alkanes of at least 4 members (excludes halogenated alkanes) is 14. The number of hydrogen-bond donors (Lipinski definition) is 9. The summed E-state index contributed by atoms with van der Waals surface area (Å²) in [5.41, 5.74) is 5.12. The van der Waals surface area contributed by atoms with Crippen LogP contribution in [0.15, 0.2) is 123 Å². The molecule has 4 aromatic carbocycles. The number of aromatic carboxylic acids is 1. The molecule has 94 heavy (non-hydrogen) atoms. The van der Waals surface area contributed by atoms with Gasteiger partial charge in [0, 0.05) is 78.9 Å². The van der Waals surface area contributed by atoms with E-state index in [1.54, 1.807) is 48.5 Å². The molecule has 0 amide bonds. The van der Waals surface area contributed by atoms with Crippen LogP contribution in [-0.4, -0.2) is 158 Å². The van der Waals surface area contributed by atoms with Gasteiger partial charge >= 0.3 is 17.9 Å². The van der Waals surface area contributed by atoms with Gasteiger partial charge in [-0.3, -0.25) is 19.2 Å². The number of rotatable bonds is 35. The van der Waals surface area contributed by atoms with Crippen molar-refractivity contribution in [1.29, 1.82) is 0 Å². The van der Waals surface area contributed by atoms with Crippen molar-refractivity contribution in [2.45, 2.75) is 190 Å². The zero-order valence-corrected chi connectivity index (χ0v) is 53.8. The summed E-state index contributed by atoms with van der Waals surface area (Å²) in [6.45, 7) is -1.02. The Labute approximate surface area is 550 Å². The van der Waals surface area contributed by atoms with Gasteiger partial charge in [-0.25, -0.2) is 4.79 Å². The normalized spacial score (nSPS) is 21.3. The number of ether oxygens (including phenoxy) is 5. The number of esters is 2. The predicted octanol–water partition coefficient (Wildman–Crippen LogP) is 10.6. The molecule has 1 aliphatic carbocycles. The molecule has 4 unspecified atom stereocenters. The molecule has 10 atom stereocenters. The molecule has 4 aromatic rings. The van der Waals surface area contributed by atoms with Crippen LogP contribution in [0, 0.1) is 0 Å². The van der Waals surface area contributed by atoms with Crippen LogP contribution in [0.25, 0.3) is 33.4 Å². The smallest absolute Gasteiger partial charge is 0.336 e. The second-order valence-corrected chi connectivity index (χ2v) is 24.7. The van der Waals surface area contributed by atoms with Crippen molar-refractivity contribution in [3.63, 3.8) is 0 Å². The Hall–Kier alpha value is -7.62. The van der Waals surface area contributed by atoms with Crippen molar-refractivity contribution >= 4 is 74.6 Å². The minimum absolute atomic E-state index is 0.00865. The number of carboxylic acids is 1. The minimum atomic E-state index is -1.88. The van der Waals surface area contributed by atoms with Crippen molar-refractivity contribution in [1.82, 2.24) is 0 Å². The summed E-state index contributed by atoms with van der Waals surface area (Å²) in [5.74, 6) is -2.02. The molecular weight excluding hydrogens is 1230 g/mol. The number of phenols is 1. The number of carboxylic acid groups (broad SMARTS) is 1. The second-order valence-electron chi connectivity index (χ2n) is 24.2. The third-order valence-electron chi connectivity index (χ3n) is 16.8. The molecule has 9 N–H and O–H groups in total. The molecule has 8 rings (SSSR count). The fraction of sp³-hybridized carbons (Fsp3) is 0.486. The molecule has 3 heterocycles. The van der Waals surface area contributed by atoms with Gasteiger partial charge in [0.25, 0.3) is 0 Å². The Morgan fingerprint density at radius 3 is 1.56 bits per heavy atom. The maximum absolute atomic E-state index is 12.8. The number of hydrogen-bond acceptors (Lipinski definition) is 22. The highest BCUT2D eigenvalue weighted by molar-refractivity contribution is 7.80. The zero-order valence-electron chi connectivity index (χ0n) is 53.0. The number of benzene rings is 5. The summed E-state index contributed by atoms with van der Waals surface area (Å²) in [6, 6.07) is 28.6. The quantitative estimate of drug-likeness (QED) is 0.00446. The van der Waals surface area contributed by atoms with E-state index in [0.717, 1.165) is 101 Å². The highest BCUT2D eigenvalue weighted by Gasteiger charge is 2.50. The molecule has 0 aromatic heterocycles. The lowest BCUT2D eigenvalue weighted by Gasteiger charge is -2.44. The van der Waals surface area contributed by atoms with E-state index in [-0.39, 0.29) is 46.7 Å². The Morgan fingerprint density at radius 2 is 1.04 bits per heavy atom. The third kappa shape index (κ3) is 20.7. The fourth-order valence-electron chi connectivity index (χ4n) is 11.4. The van der Waals surface area contributed by atoms with Crippen LogP contribution >= 0.6 is 12.2 Å². The molecule has 23 nitrogen and oxygen atoms in total. The molecule has 24 heteroatoms. The van der Waals surface area contributed by atoms with E-state index in [9.17, 15) is 64.8 Å². The first-order chi connectivity index (χ1) is 45.2. The Balaban J connectivity index is 0.648. The van der Waals surface area contributed by atoms with Crippen molar-refractivity contribution in [2.24, 2.45) is 10.2 Å². The molecule has 0 saturated carbocycles. The van der Waals surface area contributed by atoms with Crippen LogP contribution in [0.4, 0.5) is 22.7 Å². The number of fused-ring (bicyclic) bond motifs is 2. The number of ketones is 1. The molecule has 2 saturated heterocycles. The number of thiocarbonyl (C=S) groups is 1. The number of phenolic OH excluding ortho intramolecular Hbond substituents is 1. The standard InChI is InChI=1S/C70H86N4O19S/c1-74(2)46-30-27-44(28-31-46)73-72-43-25-23-42(24-26-43)53(77)19-15-11-7-3-5-9-13-17-21-59(78)88-40-56-62(80)64(82)66(84)69(91-56)93-70-67(85)65(83)63(81)57(92-70)41-89-60(79)22-18-14-10-6-4-8-12-16-20-58(94)71-45-29-34-49(52(37-45)68(86)87)61-50-35-32-47(75)38-54(50)90-55-39-48(76)33-36-51(55)61/h23-39,56-57,62-67,69-70,75,80-85H,3-22,40-41H2,1-2H3,(H,71,94)(H,86,87)/t56?,57?,62-,63-,64?,65+,66-,67?,69-,70-/m1/s1. The third-order valence-corrected chi connectivity index (χ3v) is 17.1. The SMILES string of the molecule is CN(C)c1ccc(N=Nc2ccc(C(=O)CCCCCCCCCCC(=O)OCC3O[C@H](O[C@H]4OC(COC(=O)CCCCCCCCCCC(=S)Nc5ccc(-c6c7ccc(=O)cc-7oc7cc(O)ccc67)c(C(=O)O)c5)[C@@H](O)[C@H](O)C4O)[C@H](O)C(O)[C@@H]3O)cc2)cc1. The van der Waals surface area contributed by atoms with Gasteiger partial charge in [-0.1, -0.05) is 95.3 Å². The minimum Gasteiger partial charge on any atom is -0.508 e. The Morgan fingerprint density at radius 1 is 0.553 bits per heavy atom. The number of azo groups is 1. The summed E-state index contributed by atoms with van der Waals surface area (Å²) in [5, 5.41) is 97.0. The monoisotopic (exact) mass is 1320 g/mol. The fourth-order valence-corrected chi connectivity index (χ4v) is 11.6. The molecular formula is C70H86N4O19S. The molecule has 0 bridgehead atoms. The number of carbonyl (C=O) groups is 4. The molecule has 0 radical (unpaired) electrons. The summed E-state index contributed by atoms with van der Waals surface area (Å²) in [6.07, 6.45) is -2.29. The number of nitrogens with zero attached hydrogens (tertiary/aromatic N) is 3. The zero-order chi connectivity index (χ0) is 67.3. The first-order valence-corrected chi connectivity index (χ1v) is 32.7. The van der Waals surface area contributed by atoms with Crippen molar-refractivity contribution in [3.05, 3.63) is 124 Å². The Bertz CT molecular complexity index is 3530. The highest BCUT2D eigenvalue weighted by atomic mass is 32.1. The van der Waals surface area contributed by atoms with Crippen LogP contribution < -0.4 is 15.6 Å². The largest absolute Gasteiger partial charge is 0.508 e. The van der Waals surface area contributed by atoms with E-state index >= 15 is 0 Å². The first-order valence-electron chi connectivity index (χ1n) is 32.3. The average molecular weight is 1320 g/mol. The van der Waals surface area contributed by atoms with Gasteiger partial charge in [0.2, 0.25) is 0 Å². The van der Waals surface area contributed by atoms with Gasteiger partial charge in [0.15, 0.2) is 23.8 Å². The number of Topliss-reactive ketones (excluding diaryl/α,β-unsaturated/α-hetero) is 1. The lowest BCUT2D eigenvalue weighted by Crippen LogP contribution is -2.64. The van der Waals surface area contributed by atoms with Crippen LogP contribution in [0.3, 0.4) is 0 Å². The maximum Gasteiger partial charge on any atom is 0.336 e. The van der Waals surface area contributed by atoms with E-state index in [2.05, 4.69) is 15.5 Å². The van der Waals surface area contributed by atoms with Crippen LogP contribution in [0.1, 0.15) is 149 Å². The molecule has 3 aliphatic heterocycles. The average Bonchev–Trinajstić information content (AvgIpc) is 0.773. The highest BCUT2D eigenvalue weighted by Crippen LogP contribution is 2.43. The van der Waals surface area contributed by atoms with Gasteiger partial charge in [-0.2, -0.15) is 10.2 Å². The van der Waals surface area contributed by atoms with E-state index in [0.29, 0.717) is 69.7 Å². The summed E-state index contributed by atoms with van der Waals surface area (Å²) >= 11 is 5.62. The summed E-state index contributed by atoms with van der Waals surface area (Å²) < 4.78 is 33.6. The van der Waals surface area contributed by atoms with Crippen LogP contribution in [0.5, 0.6) is 5.75 Å². The lowest BCUT2D eigenvalue weighted by molar-refractivity contribution is -0.376. The summed E-state index contributed by atoms with van der Waals surface area (Å²) in [4.78, 5) is 65.6. The summed E-state index contributed by atoms with van der Waals surface area (Å²) in [7, 11) is 3.94. The van der Waals surface area contributed by atoms with Crippen molar-refractivity contribution < 1.29 is 88.1 Å². The molecule has 0 spiro atoms. The Kier molecular flexibility index (Phi) is 27.5. The van der Waals surface area contributed by atoms with Crippen molar-refractivity contribution in [2.75, 3.05) is 37.5 Å². The number of nitrogens with one attached hydrogen (secondary N) is 1. The number of aromatic hydroxyl groups is 1. The van der Waals surface area contributed by atoms with E-state index in [4.69, 9.17) is 40.3 Å². The van der Waals surface area contributed by atoms with Gasteiger partial charge in [-0.05, 0) is 123 Å². The van der Waals surface area contributed by atoms with Gasteiger partial charge in [0.05, 0.1) is 21.9 Å². The van der Waals surface area contributed by atoms with Gasteiger partial charge < -0.3 is 79.2 Å². The first kappa shape index (κ1) is 72.2. The lowest BCUT2D eigenvalue weighted by atomic mass is 9.90. The van der Waals surface area contributed by atoms with E-state index < -0.39 is 92.5 Å². The van der Waals surface area contributed by atoms with Gasteiger partial charge in [-0.15, -0.1) is 0 Å². The topological polar surface area (TPSA) is 346 Å². The second kappa shape index (κ2) is 35.8.